The van der Waals surface area contributed by atoms with Gasteiger partial charge in [0, 0.05) is 0 Å². The summed E-state index contributed by atoms with van der Waals surface area (Å²) in [4.78, 5) is 10.6. The zero-order valence-corrected chi connectivity index (χ0v) is 7.18. The van der Waals surface area contributed by atoms with Crippen molar-refractivity contribution in [1.82, 2.24) is 5.16 Å². The van der Waals surface area contributed by atoms with Gasteiger partial charge in [0.05, 0.1) is 17.3 Å². The van der Waals surface area contributed by atoms with Crippen LogP contribution in [0.4, 0.5) is 0 Å². The number of benzene rings is 1. The molecule has 0 aliphatic heterocycles. The maximum atomic E-state index is 10.6. The number of para-hydroxylation sites is 1. The standard InChI is InChI=1S/C10H7NO3/c12-6-7-5-11-14-10(7)8-3-1-2-4-9(8)13/h1-6,13H. The SMILES string of the molecule is O=Cc1cnoc1-c1ccccc1O. The van der Waals surface area contributed by atoms with Crippen molar-refractivity contribution >= 4 is 6.29 Å². The van der Waals surface area contributed by atoms with Gasteiger partial charge in [0.1, 0.15) is 5.75 Å². The van der Waals surface area contributed by atoms with Crippen molar-refractivity contribution < 1.29 is 14.4 Å². The second-order valence-corrected chi connectivity index (χ2v) is 2.75. The Labute approximate surface area is 79.8 Å². The van der Waals surface area contributed by atoms with Crippen LogP contribution in [0.5, 0.6) is 5.75 Å². The van der Waals surface area contributed by atoms with Crippen molar-refractivity contribution in [3.05, 3.63) is 36.0 Å². The number of aromatic hydroxyl groups is 1. The third-order valence-corrected chi connectivity index (χ3v) is 1.87. The summed E-state index contributed by atoms with van der Waals surface area (Å²) in [7, 11) is 0. The number of hydrogen-bond donors (Lipinski definition) is 1. The highest BCUT2D eigenvalue weighted by Crippen LogP contribution is 2.30. The molecule has 0 saturated carbocycles. The zero-order chi connectivity index (χ0) is 9.97. The largest absolute Gasteiger partial charge is 0.507 e. The van der Waals surface area contributed by atoms with Crippen LogP contribution in [-0.4, -0.2) is 16.5 Å². The van der Waals surface area contributed by atoms with E-state index in [1.807, 2.05) is 0 Å². The summed E-state index contributed by atoms with van der Waals surface area (Å²) in [5.41, 5.74) is 0.790. The molecule has 4 heteroatoms. The van der Waals surface area contributed by atoms with Gasteiger partial charge in [-0.2, -0.15) is 0 Å². The number of aldehydes is 1. The molecule has 2 aromatic rings. The summed E-state index contributed by atoms with van der Waals surface area (Å²) in [5, 5.41) is 13.0. The molecule has 1 heterocycles. The lowest BCUT2D eigenvalue weighted by atomic mass is 10.1. The molecule has 1 aromatic carbocycles. The molecule has 0 aliphatic rings. The predicted octanol–water partition coefficient (Wildman–Crippen LogP) is 1.86. The van der Waals surface area contributed by atoms with Crippen molar-refractivity contribution in [2.45, 2.75) is 0 Å². The van der Waals surface area contributed by atoms with E-state index in [-0.39, 0.29) is 11.5 Å². The van der Waals surface area contributed by atoms with Crippen LogP contribution in [0.2, 0.25) is 0 Å². The molecule has 0 unspecified atom stereocenters. The highest BCUT2D eigenvalue weighted by atomic mass is 16.5. The fourth-order valence-electron chi connectivity index (χ4n) is 1.20. The average Bonchev–Trinajstić information content (AvgIpc) is 2.66. The van der Waals surface area contributed by atoms with Gasteiger partial charge in [-0.05, 0) is 12.1 Å². The molecule has 1 aromatic heterocycles. The van der Waals surface area contributed by atoms with E-state index in [0.717, 1.165) is 0 Å². The first-order valence-corrected chi connectivity index (χ1v) is 4.01. The molecule has 0 radical (unpaired) electrons. The number of phenols is 1. The zero-order valence-electron chi connectivity index (χ0n) is 7.18. The lowest BCUT2D eigenvalue weighted by molar-refractivity contribution is 0.112. The maximum absolute atomic E-state index is 10.6. The topological polar surface area (TPSA) is 63.3 Å². The first kappa shape index (κ1) is 8.50. The Kier molecular flexibility index (Phi) is 2.02. The predicted molar refractivity (Wildman–Crippen MR) is 49.0 cm³/mol. The number of carbonyl (C=O) groups is 1. The molecule has 2 rings (SSSR count). The summed E-state index contributed by atoms with van der Waals surface area (Å²) in [5.74, 6) is 0.352. The van der Waals surface area contributed by atoms with Crippen LogP contribution in [0.3, 0.4) is 0 Å². The quantitative estimate of drug-likeness (QED) is 0.732. The monoisotopic (exact) mass is 189 g/mol. The summed E-state index contributed by atoms with van der Waals surface area (Å²) >= 11 is 0. The van der Waals surface area contributed by atoms with Crippen molar-refractivity contribution in [1.29, 1.82) is 0 Å². The molecule has 14 heavy (non-hydrogen) atoms. The molecule has 0 bridgehead atoms. The van der Waals surface area contributed by atoms with Crippen LogP contribution < -0.4 is 0 Å². The molecular weight excluding hydrogens is 182 g/mol. The van der Waals surface area contributed by atoms with Gasteiger partial charge in [0.2, 0.25) is 0 Å². The smallest absolute Gasteiger partial charge is 0.181 e. The highest BCUT2D eigenvalue weighted by Gasteiger charge is 2.12. The van der Waals surface area contributed by atoms with Crippen LogP contribution in [0.1, 0.15) is 10.4 Å². The third-order valence-electron chi connectivity index (χ3n) is 1.87. The highest BCUT2D eigenvalue weighted by molar-refractivity contribution is 5.85. The Hall–Kier alpha value is -2.10. The van der Waals surface area contributed by atoms with E-state index in [1.165, 1.54) is 12.3 Å². The first-order chi connectivity index (χ1) is 6.83. The van der Waals surface area contributed by atoms with Crippen LogP contribution in [-0.2, 0) is 0 Å². The molecule has 4 nitrogen and oxygen atoms in total. The number of nitrogens with zero attached hydrogens (tertiary/aromatic N) is 1. The fraction of sp³-hybridized carbons (Fsp3) is 0. The maximum Gasteiger partial charge on any atom is 0.181 e. The summed E-state index contributed by atoms with van der Waals surface area (Å²) in [6.45, 7) is 0. The van der Waals surface area contributed by atoms with Gasteiger partial charge in [-0.3, -0.25) is 4.79 Å². The van der Waals surface area contributed by atoms with Crippen LogP contribution in [0, 0.1) is 0 Å². The minimum atomic E-state index is 0.0624. The van der Waals surface area contributed by atoms with Crippen molar-refractivity contribution in [3.8, 4) is 17.1 Å². The first-order valence-electron chi connectivity index (χ1n) is 4.01. The van der Waals surface area contributed by atoms with E-state index < -0.39 is 0 Å². The van der Waals surface area contributed by atoms with Gasteiger partial charge < -0.3 is 9.63 Å². The number of aromatic nitrogens is 1. The number of rotatable bonds is 2. The van der Waals surface area contributed by atoms with E-state index in [2.05, 4.69) is 5.16 Å². The van der Waals surface area contributed by atoms with E-state index in [1.54, 1.807) is 18.2 Å². The minimum absolute atomic E-state index is 0.0624. The Morgan fingerprint density at radius 2 is 2.14 bits per heavy atom. The van der Waals surface area contributed by atoms with Gasteiger partial charge in [-0.25, -0.2) is 0 Å². The Morgan fingerprint density at radius 1 is 1.36 bits per heavy atom. The van der Waals surface area contributed by atoms with Crippen molar-refractivity contribution in [3.63, 3.8) is 0 Å². The molecule has 0 amide bonds. The summed E-state index contributed by atoms with van der Waals surface area (Å²) < 4.78 is 4.88. The normalized spacial score (nSPS) is 10.0. The number of carbonyl (C=O) groups excluding carboxylic acids is 1. The van der Waals surface area contributed by atoms with Crippen LogP contribution >= 0.6 is 0 Å². The van der Waals surface area contributed by atoms with Gasteiger partial charge >= 0.3 is 0 Å². The second kappa shape index (κ2) is 3.33. The van der Waals surface area contributed by atoms with Gasteiger partial charge in [-0.15, -0.1) is 0 Å². The summed E-state index contributed by atoms with van der Waals surface area (Å²) in [6, 6.07) is 6.61. The second-order valence-electron chi connectivity index (χ2n) is 2.75. The minimum Gasteiger partial charge on any atom is -0.507 e. The Balaban J connectivity index is 2.60. The Bertz CT molecular complexity index is 462. The van der Waals surface area contributed by atoms with Crippen molar-refractivity contribution in [2.75, 3.05) is 0 Å². The number of phenolic OH excluding ortho intramolecular Hbond substituents is 1. The van der Waals surface area contributed by atoms with Crippen molar-refractivity contribution in [2.24, 2.45) is 0 Å². The molecule has 70 valence electrons. The molecule has 1 N–H and O–H groups in total. The third kappa shape index (κ3) is 1.26. The lowest BCUT2D eigenvalue weighted by Gasteiger charge is -1.99. The average molecular weight is 189 g/mol. The van der Waals surface area contributed by atoms with Gasteiger partial charge in [-0.1, -0.05) is 17.3 Å². The molecule has 0 fully saturated rings. The van der Waals surface area contributed by atoms with E-state index in [9.17, 15) is 9.90 Å². The van der Waals surface area contributed by atoms with Crippen LogP contribution in [0.25, 0.3) is 11.3 Å². The molecule has 0 spiro atoms. The molecule has 0 saturated heterocycles. The molecule has 0 atom stereocenters. The van der Waals surface area contributed by atoms with E-state index in [4.69, 9.17) is 4.52 Å². The van der Waals surface area contributed by atoms with E-state index in [0.29, 0.717) is 17.4 Å². The lowest BCUT2D eigenvalue weighted by Crippen LogP contribution is -1.81. The van der Waals surface area contributed by atoms with E-state index >= 15 is 0 Å². The Morgan fingerprint density at radius 3 is 2.86 bits per heavy atom. The van der Waals surface area contributed by atoms with Crippen LogP contribution in [0.15, 0.2) is 35.0 Å². The summed E-state index contributed by atoms with van der Waals surface area (Å²) in [6.07, 6.45) is 1.95. The number of hydrogen-bond acceptors (Lipinski definition) is 4. The van der Waals surface area contributed by atoms with Gasteiger partial charge in [0.15, 0.2) is 12.0 Å². The van der Waals surface area contributed by atoms with Gasteiger partial charge in [0.25, 0.3) is 0 Å². The fourth-order valence-corrected chi connectivity index (χ4v) is 1.20. The molecule has 0 aliphatic carbocycles. The molecular formula is C10H7NO3.